The molecule has 146 valence electrons. The molecule has 5 nitrogen and oxygen atoms in total. The Morgan fingerprint density at radius 3 is 2.44 bits per heavy atom. The van der Waals surface area contributed by atoms with Gasteiger partial charge in [-0.2, -0.15) is 0 Å². The summed E-state index contributed by atoms with van der Waals surface area (Å²) in [6, 6.07) is 4.73. The molecule has 1 amide bonds. The standard InChI is InChI=1S/C21H27FN2O3/c1-13-8-9-18(16(22)10-13)24(20(25)27-21(4,5)6)12-17-15(3)19(26-7)14(2)11-23-17/h8-11H,12H2,1-7H3. The van der Waals surface area contributed by atoms with Crippen LogP contribution in [0.4, 0.5) is 14.9 Å². The van der Waals surface area contributed by atoms with Gasteiger partial charge in [-0.3, -0.25) is 9.88 Å². The summed E-state index contributed by atoms with van der Waals surface area (Å²) in [5.74, 6) is 0.214. The van der Waals surface area contributed by atoms with Gasteiger partial charge in [0, 0.05) is 17.3 Å². The van der Waals surface area contributed by atoms with E-state index in [-0.39, 0.29) is 12.2 Å². The minimum absolute atomic E-state index is 0.0668. The summed E-state index contributed by atoms with van der Waals surface area (Å²) in [6.07, 6.45) is 1.05. The summed E-state index contributed by atoms with van der Waals surface area (Å²) in [4.78, 5) is 18.5. The van der Waals surface area contributed by atoms with E-state index in [0.29, 0.717) is 11.4 Å². The smallest absolute Gasteiger partial charge is 0.415 e. The van der Waals surface area contributed by atoms with Crippen LogP contribution in [0.3, 0.4) is 0 Å². The third-order valence-electron chi connectivity index (χ3n) is 4.07. The van der Waals surface area contributed by atoms with Crippen LogP contribution >= 0.6 is 0 Å². The van der Waals surface area contributed by atoms with Gasteiger partial charge < -0.3 is 9.47 Å². The number of halogens is 1. The molecule has 1 heterocycles. The van der Waals surface area contributed by atoms with Crippen LogP contribution < -0.4 is 9.64 Å². The molecule has 6 heteroatoms. The molecule has 2 rings (SSSR count). The van der Waals surface area contributed by atoms with E-state index in [4.69, 9.17) is 9.47 Å². The number of hydrogen-bond donors (Lipinski definition) is 0. The van der Waals surface area contributed by atoms with Crippen molar-refractivity contribution >= 4 is 11.8 Å². The first-order chi connectivity index (χ1) is 12.5. The highest BCUT2D eigenvalue weighted by Gasteiger charge is 2.27. The molecule has 27 heavy (non-hydrogen) atoms. The highest BCUT2D eigenvalue weighted by molar-refractivity contribution is 5.88. The van der Waals surface area contributed by atoms with Gasteiger partial charge in [0.2, 0.25) is 0 Å². The van der Waals surface area contributed by atoms with Crippen LogP contribution in [0.1, 0.15) is 43.2 Å². The average Bonchev–Trinajstić information content (AvgIpc) is 2.54. The molecule has 2 aromatic rings. The summed E-state index contributed by atoms with van der Waals surface area (Å²) < 4.78 is 25.5. The summed E-state index contributed by atoms with van der Waals surface area (Å²) in [7, 11) is 1.59. The fourth-order valence-electron chi connectivity index (χ4n) is 2.78. The van der Waals surface area contributed by atoms with Gasteiger partial charge in [0.15, 0.2) is 0 Å². The second kappa shape index (κ2) is 7.94. The number of carbonyl (C=O) groups excluding carboxylic acids is 1. The molecule has 0 bridgehead atoms. The lowest BCUT2D eigenvalue weighted by molar-refractivity contribution is 0.0575. The van der Waals surface area contributed by atoms with E-state index < -0.39 is 17.5 Å². The molecule has 1 aromatic carbocycles. The quantitative estimate of drug-likeness (QED) is 0.747. The highest BCUT2D eigenvalue weighted by atomic mass is 19.1. The summed E-state index contributed by atoms with van der Waals surface area (Å²) in [5.41, 5.74) is 2.53. The molecule has 0 radical (unpaired) electrons. The van der Waals surface area contributed by atoms with Crippen LogP contribution in [-0.4, -0.2) is 23.8 Å². The Bertz CT molecular complexity index is 844. The van der Waals surface area contributed by atoms with Crippen LogP contribution in [0.2, 0.25) is 0 Å². The van der Waals surface area contributed by atoms with Crippen molar-refractivity contribution in [2.45, 2.75) is 53.7 Å². The highest BCUT2D eigenvalue weighted by Crippen LogP contribution is 2.28. The fourth-order valence-corrected chi connectivity index (χ4v) is 2.78. The van der Waals surface area contributed by atoms with Gasteiger partial charge in [-0.1, -0.05) is 6.07 Å². The number of aryl methyl sites for hydroxylation is 2. The molecule has 0 fully saturated rings. The van der Waals surface area contributed by atoms with Gasteiger partial charge in [-0.15, -0.1) is 0 Å². The van der Waals surface area contributed by atoms with Crippen LogP contribution in [0.25, 0.3) is 0 Å². The van der Waals surface area contributed by atoms with Crippen molar-refractivity contribution in [2.75, 3.05) is 12.0 Å². The van der Waals surface area contributed by atoms with Gasteiger partial charge in [0.25, 0.3) is 0 Å². The number of nitrogens with zero attached hydrogens (tertiary/aromatic N) is 2. The van der Waals surface area contributed by atoms with Gasteiger partial charge in [0.05, 0.1) is 25.0 Å². The first kappa shape index (κ1) is 20.7. The maximum atomic E-state index is 14.6. The van der Waals surface area contributed by atoms with E-state index in [1.54, 1.807) is 53.1 Å². The molecule has 0 spiro atoms. The fraction of sp³-hybridized carbons (Fsp3) is 0.429. The number of hydrogen-bond acceptors (Lipinski definition) is 4. The number of ether oxygens (including phenoxy) is 2. The van der Waals surface area contributed by atoms with E-state index in [2.05, 4.69) is 4.98 Å². The third-order valence-corrected chi connectivity index (χ3v) is 4.07. The number of amides is 1. The maximum Gasteiger partial charge on any atom is 0.415 e. The van der Waals surface area contributed by atoms with Crippen molar-refractivity contribution in [2.24, 2.45) is 0 Å². The Labute approximate surface area is 160 Å². The molecule has 0 N–H and O–H groups in total. The van der Waals surface area contributed by atoms with Crippen molar-refractivity contribution in [1.29, 1.82) is 0 Å². The second-order valence-corrected chi connectivity index (χ2v) is 7.57. The maximum absolute atomic E-state index is 14.6. The Hall–Kier alpha value is -2.63. The SMILES string of the molecule is COc1c(C)cnc(CN(C(=O)OC(C)(C)C)c2ccc(C)cc2F)c1C. The Morgan fingerprint density at radius 1 is 1.22 bits per heavy atom. The van der Waals surface area contributed by atoms with E-state index >= 15 is 0 Å². The minimum Gasteiger partial charge on any atom is -0.496 e. The Kier molecular flexibility index (Phi) is 6.08. The van der Waals surface area contributed by atoms with Crippen molar-refractivity contribution < 1.29 is 18.7 Å². The zero-order valence-corrected chi connectivity index (χ0v) is 17.0. The molecule has 0 atom stereocenters. The molecular weight excluding hydrogens is 347 g/mol. The molecular formula is C21H27FN2O3. The topological polar surface area (TPSA) is 51.7 Å². The van der Waals surface area contributed by atoms with Crippen molar-refractivity contribution in [3.63, 3.8) is 0 Å². The number of aromatic nitrogens is 1. The second-order valence-electron chi connectivity index (χ2n) is 7.57. The number of benzene rings is 1. The zero-order chi connectivity index (χ0) is 20.4. The predicted octanol–water partition coefficient (Wildman–Crippen LogP) is 5.10. The predicted molar refractivity (Wildman–Crippen MR) is 104 cm³/mol. The number of pyridine rings is 1. The van der Waals surface area contributed by atoms with E-state index in [1.165, 1.54) is 11.0 Å². The van der Waals surface area contributed by atoms with Gasteiger partial charge in [0.1, 0.15) is 17.2 Å². The summed E-state index contributed by atoms with van der Waals surface area (Å²) in [6.45, 7) is 10.9. The molecule has 0 unspecified atom stereocenters. The number of carbonyl (C=O) groups is 1. The summed E-state index contributed by atoms with van der Waals surface area (Å²) >= 11 is 0. The molecule has 0 aliphatic carbocycles. The monoisotopic (exact) mass is 374 g/mol. The zero-order valence-electron chi connectivity index (χ0n) is 17.0. The Balaban J connectivity index is 2.49. The molecule has 0 saturated heterocycles. The van der Waals surface area contributed by atoms with Gasteiger partial charge in [-0.05, 0) is 59.2 Å². The molecule has 0 aliphatic rings. The van der Waals surface area contributed by atoms with Crippen molar-refractivity contribution in [3.05, 3.63) is 52.6 Å². The van der Waals surface area contributed by atoms with Crippen LogP contribution in [0, 0.1) is 26.6 Å². The average molecular weight is 374 g/mol. The molecule has 0 aliphatic heterocycles. The lowest BCUT2D eigenvalue weighted by Crippen LogP contribution is -2.37. The van der Waals surface area contributed by atoms with Gasteiger partial charge in [-0.25, -0.2) is 9.18 Å². The largest absolute Gasteiger partial charge is 0.496 e. The lowest BCUT2D eigenvalue weighted by Gasteiger charge is -2.28. The van der Waals surface area contributed by atoms with Crippen LogP contribution in [0.15, 0.2) is 24.4 Å². The van der Waals surface area contributed by atoms with E-state index in [9.17, 15) is 9.18 Å². The van der Waals surface area contributed by atoms with Crippen molar-refractivity contribution in [3.8, 4) is 5.75 Å². The first-order valence-electron chi connectivity index (χ1n) is 8.79. The number of rotatable bonds is 4. The van der Waals surface area contributed by atoms with Crippen LogP contribution in [0.5, 0.6) is 5.75 Å². The lowest BCUT2D eigenvalue weighted by atomic mass is 10.1. The van der Waals surface area contributed by atoms with Crippen molar-refractivity contribution in [1.82, 2.24) is 4.98 Å². The van der Waals surface area contributed by atoms with E-state index in [1.807, 2.05) is 13.8 Å². The van der Waals surface area contributed by atoms with E-state index in [0.717, 1.165) is 16.7 Å². The number of methoxy groups -OCH3 is 1. The third kappa shape index (κ3) is 4.96. The van der Waals surface area contributed by atoms with Gasteiger partial charge >= 0.3 is 6.09 Å². The number of anilines is 1. The molecule has 0 saturated carbocycles. The van der Waals surface area contributed by atoms with Crippen LogP contribution in [-0.2, 0) is 11.3 Å². The first-order valence-corrected chi connectivity index (χ1v) is 8.79. The Morgan fingerprint density at radius 2 is 1.89 bits per heavy atom. The molecule has 1 aromatic heterocycles. The summed E-state index contributed by atoms with van der Waals surface area (Å²) in [5, 5.41) is 0. The minimum atomic E-state index is -0.704. The normalized spacial score (nSPS) is 11.3.